The predicted octanol–water partition coefficient (Wildman–Crippen LogP) is 0.878. The standard InChI is InChI=1S/C14H20BrN3O2S/c15-13-2-1-11(21-13)9-17-3-5-18(6-4-17)14(20)12-7-10(19)8-16-12/h1-2,10,12,16,19H,3-9H2. The molecule has 0 radical (unpaired) electrons. The van der Waals surface area contributed by atoms with Crippen molar-refractivity contribution in [2.45, 2.75) is 25.1 Å². The van der Waals surface area contributed by atoms with Crippen molar-refractivity contribution in [3.05, 3.63) is 20.8 Å². The number of hydrogen-bond donors (Lipinski definition) is 2. The van der Waals surface area contributed by atoms with Gasteiger partial charge in [0, 0.05) is 44.1 Å². The SMILES string of the molecule is O=C(C1CC(O)CN1)N1CCN(Cc2ccc(Br)s2)CC1. The summed E-state index contributed by atoms with van der Waals surface area (Å²) in [6.07, 6.45) is 0.167. The van der Waals surface area contributed by atoms with E-state index in [1.54, 1.807) is 11.3 Å². The molecule has 21 heavy (non-hydrogen) atoms. The van der Waals surface area contributed by atoms with Gasteiger partial charge in [0.05, 0.1) is 15.9 Å². The number of aliphatic hydroxyl groups is 1. The van der Waals surface area contributed by atoms with Crippen LogP contribution in [0, 0.1) is 0 Å². The highest BCUT2D eigenvalue weighted by Crippen LogP contribution is 2.23. The Hall–Kier alpha value is -0.470. The van der Waals surface area contributed by atoms with Crippen molar-refractivity contribution >= 4 is 33.2 Å². The van der Waals surface area contributed by atoms with Crippen molar-refractivity contribution in [2.24, 2.45) is 0 Å². The maximum Gasteiger partial charge on any atom is 0.239 e. The molecule has 0 bridgehead atoms. The van der Waals surface area contributed by atoms with Gasteiger partial charge in [0.1, 0.15) is 0 Å². The zero-order valence-electron chi connectivity index (χ0n) is 11.8. The largest absolute Gasteiger partial charge is 0.392 e. The minimum Gasteiger partial charge on any atom is -0.392 e. The fraction of sp³-hybridized carbons (Fsp3) is 0.643. The lowest BCUT2D eigenvalue weighted by molar-refractivity contribution is -0.135. The van der Waals surface area contributed by atoms with Gasteiger partial charge in [0.25, 0.3) is 0 Å². The van der Waals surface area contributed by atoms with E-state index in [2.05, 4.69) is 38.3 Å². The number of halogens is 1. The average molecular weight is 374 g/mol. The van der Waals surface area contributed by atoms with Crippen LogP contribution in [0.1, 0.15) is 11.3 Å². The summed E-state index contributed by atoms with van der Waals surface area (Å²) >= 11 is 5.25. The van der Waals surface area contributed by atoms with Gasteiger partial charge in [-0.05, 0) is 34.5 Å². The van der Waals surface area contributed by atoms with Crippen LogP contribution in [0.25, 0.3) is 0 Å². The van der Waals surface area contributed by atoms with Crippen molar-refractivity contribution in [1.82, 2.24) is 15.1 Å². The Morgan fingerprint density at radius 1 is 1.38 bits per heavy atom. The lowest BCUT2D eigenvalue weighted by Crippen LogP contribution is -2.52. The van der Waals surface area contributed by atoms with Crippen LogP contribution in [0.4, 0.5) is 0 Å². The first kappa shape index (κ1) is 15.4. The normalized spacial score (nSPS) is 27.2. The van der Waals surface area contributed by atoms with Gasteiger partial charge >= 0.3 is 0 Å². The molecule has 7 heteroatoms. The number of β-amino-alcohol motifs (C(OH)–C–C–N with tert-alkyl or cyclic N) is 1. The van der Waals surface area contributed by atoms with Gasteiger partial charge < -0.3 is 15.3 Å². The molecule has 0 saturated carbocycles. The van der Waals surface area contributed by atoms with Crippen LogP contribution >= 0.6 is 27.3 Å². The molecule has 0 aliphatic carbocycles. The first-order chi connectivity index (χ1) is 10.1. The average Bonchev–Trinajstić information content (AvgIpc) is 3.08. The molecule has 0 aromatic carbocycles. The van der Waals surface area contributed by atoms with E-state index in [0.29, 0.717) is 13.0 Å². The number of carbonyl (C=O) groups excluding carboxylic acids is 1. The minimum absolute atomic E-state index is 0.144. The van der Waals surface area contributed by atoms with Crippen molar-refractivity contribution in [3.63, 3.8) is 0 Å². The summed E-state index contributed by atoms with van der Waals surface area (Å²) in [7, 11) is 0. The number of nitrogens with one attached hydrogen (secondary N) is 1. The molecule has 2 aliphatic rings. The number of rotatable bonds is 3. The Bertz CT molecular complexity index is 502. The molecule has 1 aromatic rings. The first-order valence-corrected chi connectivity index (χ1v) is 8.89. The van der Waals surface area contributed by atoms with Crippen molar-refractivity contribution in [2.75, 3.05) is 32.7 Å². The van der Waals surface area contributed by atoms with Crippen LogP contribution in [-0.2, 0) is 11.3 Å². The van der Waals surface area contributed by atoms with Crippen molar-refractivity contribution in [1.29, 1.82) is 0 Å². The van der Waals surface area contributed by atoms with E-state index >= 15 is 0 Å². The third kappa shape index (κ3) is 3.84. The molecule has 2 unspecified atom stereocenters. The zero-order valence-corrected chi connectivity index (χ0v) is 14.2. The second kappa shape index (κ2) is 6.75. The lowest BCUT2D eigenvalue weighted by Gasteiger charge is -2.35. The Kier molecular flexibility index (Phi) is 4.96. The van der Waals surface area contributed by atoms with Crippen molar-refractivity contribution < 1.29 is 9.90 Å². The zero-order chi connectivity index (χ0) is 14.8. The summed E-state index contributed by atoms with van der Waals surface area (Å²) in [5, 5.41) is 12.6. The maximum atomic E-state index is 12.3. The minimum atomic E-state index is -0.377. The lowest BCUT2D eigenvalue weighted by atomic mass is 10.1. The van der Waals surface area contributed by atoms with Gasteiger partial charge in [-0.2, -0.15) is 0 Å². The molecule has 5 nitrogen and oxygen atoms in total. The fourth-order valence-electron chi connectivity index (χ4n) is 2.91. The van der Waals surface area contributed by atoms with Gasteiger partial charge in [0.2, 0.25) is 5.91 Å². The van der Waals surface area contributed by atoms with Crippen LogP contribution in [-0.4, -0.2) is 65.7 Å². The van der Waals surface area contributed by atoms with E-state index in [9.17, 15) is 9.90 Å². The van der Waals surface area contributed by atoms with Gasteiger partial charge in [-0.1, -0.05) is 0 Å². The summed E-state index contributed by atoms with van der Waals surface area (Å²) < 4.78 is 1.16. The molecule has 3 heterocycles. The smallest absolute Gasteiger partial charge is 0.239 e. The monoisotopic (exact) mass is 373 g/mol. The van der Waals surface area contributed by atoms with Crippen molar-refractivity contribution in [3.8, 4) is 0 Å². The Balaban J connectivity index is 1.47. The highest BCUT2D eigenvalue weighted by Gasteiger charge is 2.32. The van der Waals surface area contributed by atoms with E-state index in [4.69, 9.17) is 0 Å². The first-order valence-electron chi connectivity index (χ1n) is 7.28. The molecular weight excluding hydrogens is 354 g/mol. The quantitative estimate of drug-likeness (QED) is 0.825. The maximum absolute atomic E-state index is 12.3. The number of amides is 1. The molecule has 2 saturated heterocycles. The predicted molar refractivity (Wildman–Crippen MR) is 86.3 cm³/mol. The third-order valence-electron chi connectivity index (χ3n) is 4.10. The van der Waals surface area contributed by atoms with Gasteiger partial charge in [-0.25, -0.2) is 0 Å². The van der Waals surface area contributed by atoms with E-state index in [1.807, 2.05) is 4.90 Å². The van der Waals surface area contributed by atoms with E-state index in [1.165, 1.54) is 4.88 Å². The summed E-state index contributed by atoms with van der Waals surface area (Å²) in [5.74, 6) is 0.144. The summed E-state index contributed by atoms with van der Waals surface area (Å²) in [5.41, 5.74) is 0. The molecule has 116 valence electrons. The molecule has 2 N–H and O–H groups in total. The number of carbonyl (C=O) groups is 1. The number of nitrogens with zero attached hydrogens (tertiary/aromatic N) is 2. The van der Waals surface area contributed by atoms with Crippen LogP contribution in [0.15, 0.2) is 15.9 Å². The molecule has 2 aliphatic heterocycles. The molecular formula is C14H20BrN3O2S. The highest BCUT2D eigenvalue weighted by molar-refractivity contribution is 9.11. The molecule has 1 aromatic heterocycles. The Morgan fingerprint density at radius 3 is 2.71 bits per heavy atom. The summed E-state index contributed by atoms with van der Waals surface area (Å²) in [6, 6.07) is 4.03. The number of piperazine rings is 1. The van der Waals surface area contributed by atoms with Crippen LogP contribution in [0.2, 0.25) is 0 Å². The number of thiophene rings is 1. The van der Waals surface area contributed by atoms with Crippen LogP contribution < -0.4 is 5.32 Å². The van der Waals surface area contributed by atoms with E-state index in [0.717, 1.165) is 36.5 Å². The Labute approximate surface area is 137 Å². The van der Waals surface area contributed by atoms with E-state index < -0.39 is 0 Å². The third-order valence-corrected chi connectivity index (χ3v) is 5.71. The van der Waals surface area contributed by atoms with Gasteiger partial charge in [0.15, 0.2) is 0 Å². The topological polar surface area (TPSA) is 55.8 Å². The second-order valence-electron chi connectivity index (χ2n) is 5.66. The number of aliphatic hydroxyl groups excluding tert-OH is 1. The van der Waals surface area contributed by atoms with Gasteiger partial charge in [-0.3, -0.25) is 9.69 Å². The molecule has 2 atom stereocenters. The molecule has 2 fully saturated rings. The second-order valence-corrected chi connectivity index (χ2v) is 8.21. The van der Waals surface area contributed by atoms with E-state index in [-0.39, 0.29) is 18.1 Å². The summed E-state index contributed by atoms with van der Waals surface area (Å²) in [4.78, 5) is 18.0. The fourth-order valence-corrected chi connectivity index (χ4v) is 4.43. The van der Waals surface area contributed by atoms with Crippen LogP contribution in [0.5, 0.6) is 0 Å². The molecule has 3 rings (SSSR count). The molecule has 1 amide bonds. The van der Waals surface area contributed by atoms with Gasteiger partial charge in [-0.15, -0.1) is 11.3 Å². The summed E-state index contributed by atoms with van der Waals surface area (Å²) in [6.45, 7) is 4.87. The number of hydrogen-bond acceptors (Lipinski definition) is 5. The highest BCUT2D eigenvalue weighted by atomic mass is 79.9. The Morgan fingerprint density at radius 2 is 2.14 bits per heavy atom. The van der Waals surface area contributed by atoms with Crippen LogP contribution in [0.3, 0.4) is 0 Å². The molecule has 0 spiro atoms.